The lowest BCUT2D eigenvalue weighted by Crippen LogP contribution is -2.46. The van der Waals surface area contributed by atoms with E-state index in [2.05, 4.69) is 57.3 Å². The zero-order valence-electron chi connectivity index (χ0n) is 11.6. The lowest BCUT2D eigenvalue weighted by atomic mass is 9.96. The van der Waals surface area contributed by atoms with E-state index in [1.807, 2.05) is 0 Å². The molecule has 3 rings (SSSR count). The summed E-state index contributed by atoms with van der Waals surface area (Å²) in [5, 5.41) is 3.83. The van der Waals surface area contributed by atoms with Gasteiger partial charge >= 0.3 is 0 Å². The van der Waals surface area contributed by atoms with Gasteiger partial charge in [0.15, 0.2) is 0 Å². The van der Waals surface area contributed by atoms with Gasteiger partial charge in [0.1, 0.15) is 0 Å². The van der Waals surface area contributed by atoms with Crippen LogP contribution >= 0.6 is 15.9 Å². The molecule has 3 unspecified atom stereocenters. The summed E-state index contributed by atoms with van der Waals surface area (Å²) in [4.78, 5) is 2.68. The molecule has 2 aliphatic rings. The molecule has 1 aromatic carbocycles. The van der Waals surface area contributed by atoms with Gasteiger partial charge in [0.05, 0.1) is 0 Å². The SMILES string of the molecule is CC(NC1CCN2CCCC2C1)c1cccc(Br)c1. The molecule has 3 heteroatoms. The van der Waals surface area contributed by atoms with E-state index in [1.54, 1.807) is 0 Å². The molecule has 0 saturated carbocycles. The van der Waals surface area contributed by atoms with Crippen molar-refractivity contribution in [2.45, 2.75) is 50.7 Å². The summed E-state index contributed by atoms with van der Waals surface area (Å²) < 4.78 is 1.17. The second-order valence-corrected chi connectivity index (χ2v) is 6.91. The number of fused-ring (bicyclic) bond motifs is 1. The molecule has 0 aliphatic carbocycles. The molecular formula is C16H23BrN2. The lowest BCUT2D eigenvalue weighted by molar-refractivity contribution is 0.162. The van der Waals surface area contributed by atoms with E-state index in [4.69, 9.17) is 0 Å². The van der Waals surface area contributed by atoms with Crippen molar-refractivity contribution in [3.8, 4) is 0 Å². The minimum Gasteiger partial charge on any atom is -0.307 e. The summed E-state index contributed by atoms with van der Waals surface area (Å²) in [7, 11) is 0. The molecule has 0 radical (unpaired) electrons. The summed E-state index contributed by atoms with van der Waals surface area (Å²) in [5.74, 6) is 0. The minimum absolute atomic E-state index is 0.440. The van der Waals surface area contributed by atoms with E-state index in [0.29, 0.717) is 12.1 Å². The van der Waals surface area contributed by atoms with Crippen molar-refractivity contribution in [2.24, 2.45) is 0 Å². The van der Waals surface area contributed by atoms with E-state index < -0.39 is 0 Å². The Morgan fingerprint density at radius 3 is 3.05 bits per heavy atom. The summed E-state index contributed by atoms with van der Waals surface area (Å²) in [6.07, 6.45) is 5.44. The first kappa shape index (κ1) is 13.6. The summed E-state index contributed by atoms with van der Waals surface area (Å²) in [5.41, 5.74) is 1.38. The molecule has 2 saturated heterocycles. The third-order valence-corrected chi connectivity index (χ3v) is 5.15. The second-order valence-electron chi connectivity index (χ2n) is 6.00. The molecule has 1 N–H and O–H groups in total. The van der Waals surface area contributed by atoms with Crippen molar-refractivity contribution in [2.75, 3.05) is 13.1 Å². The van der Waals surface area contributed by atoms with Crippen LogP contribution in [-0.2, 0) is 0 Å². The van der Waals surface area contributed by atoms with Gasteiger partial charge in [-0.1, -0.05) is 28.1 Å². The summed E-state index contributed by atoms with van der Waals surface area (Å²) in [6, 6.07) is 10.6. The molecule has 2 aliphatic heterocycles. The smallest absolute Gasteiger partial charge is 0.0294 e. The molecular weight excluding hydrogens is 300 g/mol. The van der Waals surface area contributed by atoms with E-state index in [9.17, 15) is 0 Å². The summed E-state index contributed by atoms with van der Waals surface area (Å²) in [6.45, 7) is 4.90. The van der Waals surface area contributed by atoms with Gasteiger partial charge in [0, 0.05) is 22.6 Å². The molecule has 3 atom stereocenters. The van der Waals surface area contributed by atoms with Crippen LogP contribution in [0.2, 0.25) is 0 Å². The lowest BCUT2D eigenvalue weighted by Gasteiger charge is -2.36. The Hall–Kier alpha value is -0.380. The van der Waals surface area contributed by atoms with Gasteiger partial charge in [-0.2, -0.15) is 0 Å². The first-order valence-electron chi connectivity index (χ1n) is 7.48. The number of piperidine rings is 1. The number of nitrogens with zero attached hydrogens (tertiary/aromatic N) is 1. The van der Waals surface area contributed by atoms with Crippen molar-refractivity contribution < 1.29 is 0 Å². The topological polar surface area (TPSA) is 15.3 Å². The number of benzene rings is 1. The highest BCUT2D eigenvalue weighted by atomic mass is 79.9. The third-order valence-electron chi connectivity index (χ3n) is 4.65. The highest BCUT2D eigenvalue weighted by Gasteiger charge is 2.31. The standard InChI is InChI=1S/C16H23BrN2/c1-12(13-4-2-5-14(17)10-13)18-15-7-9-19-8-3-6-16(19)11-15/h2,4-5,10,12,15-16,18H,3,6-9,11H2,1H3. The van der Waals surface area contributed by atoms with Crippen LogP contribution in [0.3, 0.4) is 0 Å². The largest absolute Gasteiger partial charge is 0.307 e. The van der Waals surface area contributed by atoms with Crippen LogP contribution in [0, 0.1) is 0 Å². The van der Waals surface area contributed by atoms with Crippen LogP contribution in [0.15, 0.2) is 28.7 Å². The molecule has 0 spiro atoms. The Balaban J connectivity index is 1.59. The highest BCUT2D eigenvalue weighted by Crippen LogP contribution is 2.28. The Morgan fingerprint density at radius 1 is 1.32 bits per heavy atom. The molecule has 19 heavy (non-hydrogen) atoms. The Morgan fingerprint density at radius 2 is 2.21 bits per heavy atom. The number of hydrogen-bond donors (Lipinski definition) is 1. The molecule has 0 aromatic heterocycles. The average molecular weight is 323 g/mol. The Labute approximate surface area is 124 Å². The van der Waals surface area contributed by atoms with Gasteiger partial charge in [0.25, 0.3) is 0 Å². The van der Waals surface area contributed by atoms with Gasteiger partial charge in [-0.3, -0.25) is 0 Å². The van der Waals surface area contributed by atoms with Crippen molar-refractivity contribution in [1.82, 2.24) is 10.2 Å². The first-order chi connectivity index (χ1) is 9.22. The third kappa shape index (κ3) is 3.21. The van der Waals surface area contributed by atoms with Gasteiger partial charge in [0.2, 0.25) is 0 Å². The quantitative estimate of drug-likeness (QED) is 0.912. The zero-order valence-corrected chi connectivity index (χ0v) is 13.2. The molecule has 1 aromatic rings. The molecule has 104 valence electrons. The van der Waals surface area contributed by atoms with Gasteiger partial charge in [-0.25, -0.2) is 0 Å². The zero-order chi connectivity index (χ0) is 13.2. The van der Waals surface area contributed by atoms with Crippen molar-refractivity contribution in [3.63, 3.8) is 0 Å². The predicted octanol–water partition coefficient (Wildman–Crippen LogP) is 3.73. The molecule has 2 fully saturated rings. The maximum Gasteiger partial charge on any atom is 0.0294 e. The monoisotopic (exact) mass is 322 g/mol. The van der Waals surface area contributed by atoms with Crippen LogP contribution in [-0.4, -0.2) is 30.1 Å². The highest BCUT2D eigenvalue weighted by molar-refractivity contribution is 9.10. The normalized spacial score (nSPS) is 29.2. The van der Waals surface area contributed by atoms with E-state index in [-0.39, 0.29) is 0 Å². The Bertz CT molecular complexity index is 435. The van der Waals surface area contributed by atoms with Crippen LogP contribution < -0.4 is 5.32 Å². The van der Waals surface area contributed by atoms with E-state index in [0.717, 1.165) is 6.04 Å². The average Bonchev–Trinajstić information content (AvgIpc) is 2.86. The van der Waals surface area contributed by atoms with Gasteiger partial charge in [-0.05, 0) is 63.4 Å². The number of halogens is 1. The van der Waals surface area contributed by atoms with E-state index >= 15 is 0 Å². The predicted molar refractivity (Wildman–Crippen MR) is 83.3 cm³/mol. The fourth-order valence-corrected chi connectivity index (χ4v) is 4.02. The van der Waals surface area contributed by atoms with Crippen LogP contribution in [0.5, 0.6) is 0 Å². The number of nitrogens with one attached hydrogen (secondary N) is 1. The Kier molecular flexibility index (Phi) is 4.25. The van der Waals surface area contributed by atoms with Crippen molar-refractivity contribution >= 4 is 15.9 Å². The van der Waals surface area contributed by atoms with Crippen molar-refractivity contribution in [3.05, 3.63) is 34.3 Å². The van der Waals surface area contributed by atoms with Crippen LogP contribution in [0.25, 0.3) is 0 Å². The summed E-state index contributed by atoms with van der Waals surface area (Å²) >= 11 is 3.56. The van der Waals surface area contributed by atoms with Crippen LogP contribution in [0.1, 0.15) is 44.2 Å². The van der Waals surface area contributed by atoms with Crippen molar-refractivity contribution in [1.29, 1.82) is 0 Å². The van der Waals surface area contributed by atoms with E-state index in [1.165, 1.54) is 48.8 Å². The maximum atomic E-state index is 3.83. The van der Waals surface area contributed by atoms with Crippen LogP contribution in [0.4, 0.5) is 0 Å². The van der Waals surface area contributed by atoms with Gasteiger partial charge in [-0.15, -0.1) is 0 Å². The van der Waals surface area contributed by atoms with Gasteiger partial charge < -0.3 is 10.2 Å². The molecule has 2 nitrogen and oxygen atoms in total. The fourth-order valence-electron chi connectivity index (χ4n) is 3.60. The maximum absolute atomic E-state index is 3.83. The number of hydrogen-bond acceptors (Lipinski definition) is 2. The molecule has 0 bridgehead atoms. The molecule has 2 heterocycles. The second kappa shape index (κ2) is 5.94. The number of rotatable bonds is 3. The minimum atomic E-state index is 0.440. The first-order valence-corrected chi connectivity index (χ1v) is 8.27. The molecule has 0 amide bonds. The fraction of sp³-hybridized carbons (Fsp3) is 0.625.